The lowest BCUT2D eigenvalue weighted by molar-refractivity contribution is 0.224. The summed E-state index contributed by atoms with van der Waals surface area (Å²) in [5.74, 6) is 0.629. The van der Waals surface area contributed by atoms with Crippen molar-refractivity contribution in [1.82, 2.24) is 4.90 Å². The van der Waals surface area contributed by atoms with E-state index in [1.807, 2.05) is 13.8 Å². The third-order valence-corrected chi connectivity index (χ3v) is 5.68. The summed E-state index contributed by atoms with van der Waals surface area (Å²) >= 11 is 0. The van der Waals surface area contributed by atoms with Gasteiger partial charge in [0.05, 0.1) is 6.54 Å². The first-order valence-corrected chi connectivity index (χ1v) is 10.5. The summed E-state index contributed by atoms with van der Waals surface area (Å²) < 4.78 is 24.5. The van der Waals surface area contributed by atoms with Gasteiger partial charge in [0, 0.05) is 37.9 Å². The standard InChI is InChI=1S/C25H27FN2O3/c1-18-3-4-19(2)20(13-18)16-31-25-17-30-23(14-24(25)29)15-27-9-11-28(12-10-27)22-7-5-21(26)6-8-22/h3-8,13-14,17H,9-12,15-16H2,1-2H3. The monoisotopic (exact) mass is 422 g/mol. The van der Waals surface area contributed by atoms with Crippen LogP contribution in [0.4, 0.5) is 10.1 Å². The molecule has 1 fully saturated rings. The van der Waals surface area contributed by atoms with Crippen LogP contribution >= 0.6 is 0 Å². The Balaban J connectivity index is 1.32. The summed E-state index contributed by atoms with van der Waals surface area (Å²) in [6.45, 7) is 8.33. The van der Waals surface area contributed by atoms with Gasteiger partial charge < -0.3 is 14.1 Å². The quantitative estimate of drug-likeness (QED) is 0.593. The molecule has 0 radical (unpaired) electrons. The van der Waals surface area contributed by atoms with Crippen LogP contribution < -0.4 is 15.1 Å². The molecule has 0 N–H and O–H groups in total. The van der Waals surface area contributed by atoms with E-state index in [9.17, 15) is 9.18 Å². The van der Waals surface area contributed by atoms with Gasteiger partial charge in [0.15, 0.2) is 0 Å². The minimum absolute atomic E-state index is 0.170. The zero-order valence-corrected chi connectivity index (χ0v) is 17.9. The number of aryl methyl sites for hydroxylation is 2. The summed E-state index contributed by atoms with van der Waals surface area (Å²) in [5.41, 5.74) is 4.20. The second-order valence-electron chi connectivity index (χ2n) is 8.03. The fourth-order valence-corrected chi connectivity index (χ4v) is 3.77. The van der Waals surface area contributed by atoms with Crippen LogP contribution in [0.3, 0.4) is 0 Å². The maximum Gasteiger partial charge on any atom is 0.227 e. The topological polar surface area (TPSA) is 45.9 Å². The first-order valence-electron chi connectivity index (χ1n) is 10.5. The predicted octanol–water partition coefficient (Wildman–Crippen LogP) is 4.30. The largest absolute Gasteiger partial charge is 0.482 e. The molecule has 6 heteroatoms. The summed E-state index contributed by atoms with van der Waals surface area (Å²) in [7, 11) is 0. The van der Waals surface area contributed by atoms with Crippen LogP contribution in [0.2, 0.25) is 0 Å². The smallest absolute Gasteiger partial charge is 0.227 e. The minimum atomic E-state index is -0.223. The van der Waals surface area contributed by atoms with Gasteiger partial charge in [-0.1, -0.05) is 23.8 Å². The van der Waals surface area contributed by atoms with Gasteiger partial charge in [-0.05, 0) is 49.2 Å². The van der Waals surface area contributed by atoms with E-state index in [1.165, 1.54) is 24.5 Å². The molecule has 0 aliphatic carbocycles. The van der Waals surface area contributed by atoms with Crippen molar-refractivity contribution in [3.05, 3.63) is 93.3 Å². The summed E-state index contributed by atoms with van der Waals surface area (Å²) in [6.07, 6.45) is 1.41. The lowest BCUT2D eigenvalue weighted by Gasteiger charge is -2.35. The number of hydrogen-bond acceptors (Lipinski definition) is 5. The predicted molar refractivity (Wildman–Crippen MR) is 119 cm³/mol. The molecule has 0 amide bonds. The van der Waals surface area contributed by atoms with Gasteiger partial charge in [-0.2, -0.15) is 0 Å². The Morgan fingerprint density at radius 2 is 1.74 bits per heavy atom. The number of benzene rings is 2. The van der Waals surface area contributed by atoms with Crippen molar-refractivity contribution in [3.63, 3.8) is 0 Å². The van der Waals surface area contributed by atoms with Gasteiger partial charge in [0.25, 0.3) is 0 Å². The lowest BCUT2D eigenvalue weighted by atomic mass is 10.1. The van der Waals surface area contributed by atoms with Crippen LogP contribution in [0.1, 0.15) is 22.5 Å². The first-order chi connectivity index (χ1) is 15.0. The highest BCUT2D eigenvalue weighted by Crippen LogP contribution is 2.19. The van der Waals surface area contributed by atoms with E-state index in [0.717, 1.165) is 48.6 Å². The van der Waals surface area contributed by atoms with Crippen molar-refractivity contribution in [2.24, 2.45) is 0 Å². The number of anilines is 1. The van der Waals surface area contributed by atoms with E-state index >= 15 is 0 Å². The molecule has 1 aliphatic rings. The van der Waals surface area contributed by atoms with Crippen molar-refractivity contribution in [2.75, 3.05) is 31.1 Å². The number of ether oxygens (including phenoxy) is 1. The van der Waals surface area contributed by atoms with Gasteiger partial charge in [0.1, 0.15) is 24.4 Å². The third kappa shape index (κ3) is 5.33. The Bertz CT molecular complexity index is 1090. The van der Waals surface area contributed by atoms with Crippen molar-refractivity contribution in [1.29, 1.82) is 0 Å². The lowest BCUT2D eigenvalue weighted by Crippen LogP contribution is -2.46. The zero-order valence-electron chi connectivity index (χ0n) is 17.9. The van der Waals surface area contributed by atoms with E-state index in [1.54, 1.807) is 12.1 Å². The molecule has 0 atom stereocenters. The van der Waals surface area contributed by atoms with Gasteiger partial charge in [-0.3, -0.25) is 9.69 Å². The van der Waals surface area contributed by atoms with E-state index in [4.69, 9.17) is 9.15 Å². The molecule has 2 aromatic carbocycles. The van der Waals surface area contributed by atoms with Crippen LogP contribution in [-0.4, -0.2) is 31.1 Å². The van der Waals surface area contributed by atoms with Gasteiger partial charge in [-0.25, -0.2) is 4.39 Å². The second kappa shape index (κ2) is 9.35. The molecule has 0 unspecified atom stereocenters. The molecule has 5 nitrogen and oxygen atoms in total. The highest BCUT2D eigenvalue weighted by Gasteiger charge is 2.18. The number of piperazine rings is 1. The van der Waals surface area contributed by atoms with Gasteiger partial charge >= 0.3 is 0 Å². The first kappa shape index (κ1) is 21.1. The van der Waals surface area contributed by atoms with Crippen LogP contribution in [-0.2, 0) is 13.2 Å². The van der Waals surface area contributed by atoms with Crippen LogP contribution in [0.25, 0.3) is 0 Å². The van der Waals surface area contributed by atoms with Crippen molar-refractivity contribution in [3.8, 4) is 5.75 Å². The average molecular weight is 423 g/mol. The Morgan fingerprint density at radius 1 is 1.00 bits per heavy atom. The molecule has 1 saturated heterocycles. The highest BCUT2D eigenvalue weighted by molar-refractivity contribution is 5.46. The minimum Gasteiger partial charge on any atom is -0.482 e. The van der Waals surface area contributed by atoms with E-state index < -0.39 is 0 Å². The molecule has 31 heavy (non-hydrogen) atoms. The number of rotatable bonds is 6. The second-order valence-corrected chi connectivity index (χ2v) is 8.03. The van der Waals surface area contributed by atoms with Crippen LogP contribution in [0.15, 0.2) is 64.0 Å². The summed E-state index contributed by atoms with van der Waals surface area (Å²) in [5, 5.41) is 0. The Hall–Kier alpha value is -3.12. The molecular formula is C25H27FN2O3. The molecular weight excluding hydrogens is 395 g/mol. The van der Waals surface area contributed by atoms with Crippen molar-refractivity contribution in [2.45, 2.75) is 27.0 Å². The molecule has 1 aromatic heterocycles. The van der Waals surface area contributed by atoms with E-state index in [0.29, 0.717) is 18.9 Å². The maximum absolute atomic E-state index is 13.1. The molecule has 0 bridgehead atoms. The normalized spacial score (nSPS) is 14.6. The van der Waals surface area contributed by atoms with Gasteiger partial charge in [-0.15, -0.1) is 0 Å². The molecule has 0 spiro atoms. The fraction of sp³-hybridized carbons (Fsp3) is 0.320. The van der Waals surface area contributed by atoms with E-state index in [2.05, 4.69) is 28.0 Å². The Morgan fingerprint density at radius 3 is 2.45 bits per heavy atom. The zero-order chi connectivity index (χ0) is 21.8. The molecule has 1 aliphatic heterocycles. The van der Waals surface area contributed by atoms with Crippen molar-refractivity contribution >= 4 is 5.69 Å². The van der Waals surface area contributed by atoms with Crippen LogP contribution in [0.5, 0.6) is 5.75 Å². The molecule has 3 aromatic rings. The summed E-state index contributed by atoms with van der Waals surface area (Å²) in [4.78, 5) is 17.0. The fourth-order valence-electron chi connectivity index (χ4n) is 3.77. The van der Waals surface area contributed by atoms with Crippen LogP contribution in [0, 0.1) is 19.7 Å². The molecule has 0 saturated carbocycles. The van der Waals surface area contributed by atoms with E-state index in [-0.39, 0.29) is 17.0 Å². The molecule has 4 rings (SSSR count). The third-order valence-electron chi connectivity index (χ3n) is 5.68. The molecule has 162 valence electrons. The number of halogens is 1. The molecule has 2 heterocycles. The Labute approximate surface area is 181 Å². The number of hydrogen-bond donors (Lipinski definition) is 0. The number of nitrogens with zero attached hydrogens (tertiary/aromatic N) is 2. The summed E-state index contributed by atoms with van der Waals surface area (Å²) in [6, 6.07) is 14.3. The van der Waals surface area contributed by atoms with Gasteiger partial charge in [0.2, 0.25) is 11.2 Å². The maximum atomic E-state index is 13.1. The SMILES string of the molecule is Cc1ccc(C)c(COc2coc(CN3CCN(c4ccc(F)cc4)CC3)cc2=O)c1. The Kier molecular flexibility index (Phi) is 6.37. The highest BCUT2D eigenvalue weighted by atomic mass is 19.1. The van der Waals surface area contributed by atoms with Crippen molar-refractivity contribution < 1.29 is 13.5 Å². The average Bonchev–Trinajstić information content (AvgIpc) is 2.76.